The molecule has 0 saturated carbocycles. The Morgan fingerprint density at radius 1 is 1.24 bits per heavy atom. The molecule has 0 amide bonds. The minimum atomic E-state index is 0.351. The molecule has 1 aliphatic rings. The molecule has 2 aromatic rings. The van der Waals surface area contributed by atoms with Crippen molar-refractivity contribution in [2.45, 2.75) is 52.1 Å². The Labute approximate surface area is 126 Å². The Hall–Kier alpha value is -1.68. The van der Waals surface area contributed by atoms with Gasteiger partial charge in [0.2, 0.25) is 11.8 Å². The highest BCUT2D eigenvalue weighted by Crippen LogP contribution is 2.32. The molecule has 4 heteroatoms. The lowest BCUT2D eigenvalue weighted by Gasteiger charge is -2.38. The second kappa shape index (κ2) is 5.98. The third-order valence-corrected chi connectivity index (χ3v) is 4.61. The maximum absolute atomic E-state index is 5.67. The summed E-state index contributed by atoms with van der Waals surface area (Å²) >= 11 is 0. The van der Waals surface area contributed by atoms with Gasteiger partial charge in [0.1, 0.15) is 0 Å². The lowest BCUT2D eigenvalue weighted by molar-refractivity contribution is 0.118. The van der Waals surface area contributed by atoms with Gasteiger partial charge in [0.15, 0.2) is 0 Å². The molecule has 0 spiro atoms. The van der Waals surface area contributed by atoms with E-state index in [9.17, 15) is 0 Å². The second-order valence-electron chi connectivity index (χ2n) is 6.05. The van der Waals surface area contributed by atoms with Crippen molar-refractivity contribution in [1.82, 2.24) is 15.1 Å². The Kier molecular flexibility index (Phi) is 4.06. The van der Waals surface area contributed by atoms with Crippen molar-refractivity contribution in [3.63, 3.8) is 0 Å². The van der Waals surface area contributed by atoms with Crippen molar-refractivity contribution in [2.24, 2.45) is 0 Å². The zero-order valence-electron chi connectivity index (χ0n) is 13.0. The van der Waals surface area contributed by atoms with E-state index in [-0.39, 0.29) is 0 Å². The highest BCUT2D eigenvalue weighted by Gasteiger charge is 2.32. The number of nitrogens with zero attached hydrogens (tertiary/aromatic N) is 3. The molecule has 0 radical (unpaired) electrons. The quantitative estimate of drug-likeness (QED) is 0.866. The molecule has 1 saturated heterocycles. The first-order valence-electron chi connectivity index (χ1n) is 7.73. The van der Waals surface area contributed by atoms with Crippen LogP contribution in [-0.2, 0) is 6.54 Å². The predicted octanol–water partition coefficient (Wildman–Crippen LogP) is 3.45. The minimum absolute atomic E-state index is 0.351. The highest BCUT2D eigenvalue weighted by molar-refractivity contribution is 5.25. The van der Waals surface area contributed by atoms with Crippen molar-refractivity contribution in [3.05, 3.63) is 47.2 Å². The SMILES string of the molecule is Cc1nnc([C@H]2CCCN(Cc3ccccc3C)[C@H]2C)o1. The van der Waals surface area contributed by atoms with Gasteiger partial charge in [0.25, 0.3) is 0 Å². The molecule has 4 nitrogen and oxygen atoms in total. The van der Waals surface area contributed by atoms with E-state index in [1.54, 1.807) is 0 Å². The van der Waals surface area contributed by atoms with Gasteiger partial charge >= 0.3 is 0 Å². The van der Waals surface area contributed by atoms with E-state index < -0.39 is 0 Å². The van der Waals surface area contributed by atoms with Crippen LogP contribution in [0.3, 0.4) is 0 Å². The average Bonchev–Trinajstić information content (AvgIpc) is 2.90. The average molecular weight is 285 g/mol. The van der Waals surface area contributed by atoms with Gasteiger partial charge in [-0.05, 0) is 44.4 Å². The molecule has 1 aromatic heterocycles. The summed E-state index contributed by atoms with van der Waals surface area (Å²) in [7, 11) is 0. The third kappa shape index (κ3) is 3.00. The van der Waals surface area contributed by atoms with E-state index in [0.717, 1.165) is 25.4 Å². The standard InChI is InChI=1S/C17H23N3O/c1-12-7-4-5-8-15(12)11-20-10-6-9-16(13(20)2)17-19-18-14(3)21-17/h4-5,7-8,13,16H,6,9-11H2,1-3H3/t13-,16-/m0/s1. The van der Waals surface area contributed by atoms with Gasteiger partial charge in [-0.15, -0.1) is 10.2 Å². The van der Waals surface area contributed by atoms with Crippen molar-refractivity contribution < 1.29 is 4.42 Å². The molecular weight excluding hydrogens is 262 g/mol. The number of benzene rings is 1. The summed E-state index contributed by atoms with van der Waals surface area (Å²) < 4.78 is 5.67. The molecular formula is C17H23N3O. The van der Waals surface area contributed by atoms with Crippen LogP contribution < -0.4 is 0 Å². The van der Waals surface area contributed by atoms with E-state index >= 15 is 0 Å². The molecule has 1 fully saturated rings. The van der Waals surface area contributed by atoms with Crippen LogP contribution in [0.2, 0.25) is 0 Å². The molecule has 2 atom stereocenters. The number of hydrogen-bond donors (Lipinski definition) is 0. The van der Waals surface area contributed by atoms with Crippen LogP contribution in [0, 0.1) is 13.8 Å². The van der Waals surface area contributed by atoms with Crippen LogP contribution in [0.4, 0.5) is 0 Å². The molecule has 0 bridgehead atoms. The van der Waals surface area contributed by atoms with Gasteiger partial charge in [-0.3, -0.25) is 4.90 Å². The number of likely N-dealkylation sites (tertiary alicyclic amines) is 1. The number of aromatic nitrogens is 2. The van der Waals surface area contributed by atoms with Gasteiger partial charge < -0.3 is 4.42 Å². The number of hydrogen-bond acceptors (Lipinski definition) is 4. The summed E-state index contributed by atoms with van der Waals surface area (Å²) in [5, 5.41) is 8.22. The zero-order valence-corrected chi connectivity index (χ0v) is 13.0. The largest absolute Gasteiger partial charge is 0.425 e. The van der Waals surface area contributed by atoms with E-state index in [4.69, 9.17) is 4.42 Å². The van der Waals surface area contributed by atoms with Crippen LogP contribution in [-0.4, -0.2) is 27.7 Å². The first-order valence-corrected chi connectivity index (χ1v) is 7.73. The highest BCUT2D eigenvalue weighted by atomic mass is 16.4. The topological polar surface area (TPSA) is 42.2 Å². The Bertz CT molecular complexity index is 608. The van der Waals surface area contributed by atoms with Crippen LogP contribution in [0.5, 0.6) is 0 Å². The molecule has 1 aromatic carbocycles. The van der Waals surface area contributed by atoms with Gasteiger partial charge in [-0.1, -0.05) is 24.3 Å². The van der Waals surface area contributed by atoms with Crippen molar-refractivity contribution >= 4 is 0 Å². The maximum Gasteiger partial charge on any atom is 0.221 e. The first-order chi connectivity index (χ1) is 10.1. The molecule has 3 rings (SSSR count). The Morgan fingerprint density at radius 3 is 2.76 bits per heavy atom. The summed E-state index contributed by atoms with van der Waals surface area (Å²) in [5.74, 6) is 1.81. The molecule has 112 valence electrons. The fraction of sp³-hybridized carbons (Fsp3) is 0.529. The van der Waals surface area contributed by atoms with Gasteiger partial charge in [-0.2, -0.15) is 0 Å². The Morgan fingerprint density at radius 2 is 2.05 bits per heavy atom. The van der Waals surface area contributed by atoms with E-state index in [1.807, 2.05) is 6.92 Å². The van der Waals surface area contributed by atoms with E-state index in [1.165, 1.54) is 17.5 Å². The van der Waals surface area contributed by atoms with Gasteiger partial charge in [0, 0.05) is 19.5 Å². The minimum Gasteiger partial charge on any atom is -0.425 e. The normalized spacial score (nSPS) is 23.4. The molecule has 1 aliphatic heterocycles. The fourth-order valence-electron chi connectivity index (χ4n) is 3.23. The van der Waals surface area contributed by atoms with Crippen molar-refractivity contribution in [1.29, 1.82) is 0 Å². The summed E-state index contributed by atoms with van der Waals surface area (Å²) in [6, 6.07) is 9.06. The number of aryl methyl sites for hydroxylation is 2. The molecule has 0 aliphatic carbocycles. The van der Waals surface area contributed by atoms with Crippen LogP contribution >= 0.6 is 0 Å². The van der Waals surface area contributed by atoms with Crippen molar-refractivity contribution in [3.8, 4) is 0 Å². The second-order valence-corrected chi connectivity index (χ2v) is 6.05. The Balaban J connectivity index is 1.76. The van der Waals surface area contributed by atoms with Gasteiger partial charge in [0.05, 0.1) is 5.92 Å². The van der Waals surface area contributed by atoms with Crippen LogP contribution in [0.15, 0.2) is 28.7 Å². The third-order valence-electron chi connectivity index (χ3n) is 4.61. The predicted molar refractivity (Wildman–Crippen MR) is 82.1 cm³/mol. The summed E-state index contributed by atoms with van der Waals surface area (Å²) in [6.45, 7) is 8.45. The van der Waals surface area contributed by atoms with Crippen LogP contribution in [0.25, 0.3) is 0 Å². The van der Waals surface area contributed by atoms with E-state index in [2.05, 4.69) is 53.2 Å². The molecule has 0 N–H and O–H groups in total. The zero-order chi connectivity index (χ0) is 14.8. The number of piperidine rings is 1. The molecule has 0 unspecified atom stereocenters. The smallest absolute Gasteiger partial charge is 0.221 e. The van der Waals surface area contributed by atoms with E-state index in [0.29, 0.717) is 17.9 Å². The van der Waals surface area contributed by atoms with Gasteiger partial charge in [-0.25, -0.2) is 0 Å². The first kappa shape index (κ1) is 14.3. The van der Waals surface area contributed by atoms with Crippen LogP contribution in [0.1, 0.15) is 48.6 Å². The lowest BCUT2D eigenvalue weighted by Crippen LogP contribution is -2.41. The van der Waals surface area contributed by atoms with Crippen molar-refractivity contribution in [2.75, 3.05) is 6.54 Å². The molecule has 21 heavy (non-hydrogen) atoms. The summed E-state index contributed by atoms with van der Waals surface area (Å²) in [4.78, 5) is 2.54. The summed E-state index contributed by atoms with van der Waals surface area (Å²) in [5.41, 5.74) is 2.77. The fourth-order valence-corrected chi connectivity index (χ4v) is 3.23. The summed E-state index contributed by atoms with van der Waals surface area (Å²) in [6.07, 6.45) is 2.31. The monoisotopic (exact) mass is 285 g/mol. The molecule has 2 heterocycles. The lowest BCUT2D eigenvalue weighted by atomic mass is 9.89. The number of rotatable bonds is 3. The maximum atomic E-state index is 5.67.